The van der Waals surface area contributed by atoms with Crippen LogP contribution in [-0.2, 0) is 0 Å². The zero-order chi connectivity index (χ0) is 14.3. The SMILES string of the molecule is Cc1ccc(Nc2nc(C3CC3)nc(N)c2C)cc1F. The van der Waals surface area contributed by atoms with Crippen molar-refractivity contribution >= 4 is 17.3 Å². The third kappa shape index (κ3) is 2.43. The van der Waals surface area contributed by atoms with E-state index in [0.29, 0.717) is 28.8 Å². The summed E-state index contributed by atoms with van der Waals surface area (Å²) < 4.78 is 13.6. The van der Waals surface area contributed by atoms with Crippen molar-refractivity contribution in [3.8, 4) is 0 Å². The number of nitrogens with two attached hydrogens (primary N) is 1. The Morgan fingerprint density at radius 1 is 1.25 bits per heavy atom. The largest absolute Gasteiger partial charge is 0.383 e. The lowest BCUT2D eigenvalue weighted by atomic mass is 10.2. The summed E-state index contributed by atoms with van der Waals surface area (Å²) in [4.78, 5) is 8.84. The monoisotopic (exact) mass is 272 g/mol. The smallest absolute Gasteiger partial charge is 0.139 e. The van der Waals surface area contributed by atoms with Gasteiger partial charge in [0.2, 0.25) is 0 Å². The fourth-order valence-corrected chi connectivity index (χ4v) is 2.01. The van der Waals surface area contributed by atoms with Crippen LogP contribution in [0.5, 0.6) is 0 Å². The lowest BCUT2D eigenvalue weighted by Crippen LogP contribution is -2.06. The summed E-state index contributed by atoms with van der Waals surface area (Å²) in [7, 11) is 0. The highest BCUT2D eigenvalue weighted by atomic mass is 19.1. The molecule has 5 heteroatoms. The number of aromatic nitrogens is 2. The number of nitrogen functional groups attached to an aromatic ring is 1. The number of hydrogen-bond acceptors (Lipinski definition) is 4. The number of aryl methyl sites for hydroxylation is 1. The maximum Gasteiger partial charge on any atom is 0.139 e. The predicted octanol–water partition coefficient (Wildman–Crippen LogP) is 3.44. The van der Waals surface area contributed by atoms with Gasteiger partial charge in [-0.05, 0) is 44.4 Å². The van der Waals surface area contributed by atoms with Gasteiger partial charge in [-0.15, -0.1) is 0 Å². The molecule has 3 rings (SSSR count). The molecule has 0 spiro atoms. The van der Waals surface area contributed by atoms with E-state index in [4.69, 9.17) is 5.73 Å². The molecule has 0 atom stereocenters. The number of rotatable bonds is 3. The van der Waals surface area contributed by atoms with E-state index >= 15 is 0 Å². The third-order valence-corrected chi connectivity index (χ3v) is 3.58. The van der Waals surface area contributed by atoms with Gasteiger partial charge in [-0.1, -0.05) is 6.07 Å². The van der Waals surface area contributed by atoms with E-state index in [0.717, 1.165) is 24.2 Å². The van der Waals surface area contributed by atoms with Crippen LogP contribution in [0.2, 0.25) is 0 Å². The summed E-state index contributed by atoms with van der Waals surface area (Å²) in [6, 6.07) is 5.02. The lowest BCUT2D eigenvalue weighted by molar-refractivity contribution is 0.619. The standard InChI is InChI=1S/C15H17FN4/c1-8-3-6-11(7-12(8)16)18-14-9(2)13(17)19-15(20-14)10-4-5-10/h3,6-7,10H,4-5H2,1-2H3,(H3,17,18,19,20). The molecule has 0 bridgehead atoms. The number of hydrogen-bond donors (Lipinski definition) is 2. The molecule has 1 aromatic carbocycles. The predicted molar refractivity (Wildman–Crippen MR) is 77.6 cm³/mol. The molecule has 1 fully saturated rings. The van der Waals surface area contributed by atoms with E-state index in [1.54, 1.807) is 13.0 Å². The Kier molecular flexibility index (Phi) is 3.04. The van der Waals surface area contributed by atoms with Gasteiger partial charge in [0.1, 0.15) is 23.3 Å². The minimum atomic E-state index is -0.239. The normalized spacial score (nSPS) is 14.3. The molecule has 1 aliphatic carbocycles. The summed E-state index contributed by atoms with van der Waals surface area (Å²) >= 11 is 0. The van der Waals surface area contributed by atoms with Crippen LogP contribution in [0, 0.1) is 19.7 Å². The number of anilines is 3. The summed E-state index contributed by atoms with van der Waals surface area (Å²) in [6.45, 7) is 3.59. The Balaban J connectivity index is 1.94. The van der Waals surface area contributed by atoms with Crippen LogP contribution in [0.25, 0.3) is 0 Å². The molecule has 104 valence electrons. The van der Waals surface area contributed by atoms with Gasteiger partial charge in [-0.25, -0.2) is 14.4 Å². The lowest BCUT2D eigenvalue weighted by Gasteiger charge is -2.12. The van der Waals surface area contributed by atoms with E-state index in [-0.39, 0.29) is 5.82 Å². The molecule has 1 heterocycles. The van der Waals surface area contributed by atoms with Gasteiger partial charge >= 0.3 is 0 Å². The highest BCUT2D eigenvalue weighted by molar-refractivity contribution is 5.64. The first-order valence-electron chi connectivity index (χ1n) is 6.72. The highest BCUT2D eigenvalue weighted by Crippen LogP contribution is 2.39. The summed E-state index contributed by atoms with van der Waals surface area (Å²) in [6.07, 6.45) is 2.22. The maximum absolute atomic E-state index is 13.6. The number of nitrogens with zero attached hydrogens (tertiary/aromatic N) is 2. The van der Waals surface area contributed by atoms with Crippen LogP contribution in [0.1, 0.15) is 35.7 Å². The van der Waals surface area contributed by atoms with Gasteiger partial charge in [0.15, 0.2) is 0 Å². The van der Waals surface area contributed by atoms with Crippen LogP contribution in [-0.4, -0.2) is 9.97 Å². The minimum absolute atomic E-state index is 0.239. The van der Waals surface area contributed by atoms with Crippen molar-refractivity contribution in [2.45, 2.75) is 32.6 Å². The van der Waals surface area contributed by atoms with Crippen LogP contribution < -0.4 is 11.1 Å². The zero-order valence-electron chi connectivity index (χ0n) is 11.6. The Hall–Kier alpha value is -2.17. The quantitative estimate of drug-likeness (QED) is 0.898. The highest BCUT2D eigenvalue weighted by Gasteiger charge is 2.27. The first kappa shape index (κ1) is 12.8. The van der Waals surface area contributed by atoms with Gasteiger partial charge in [-0.3, -0.25) is 0 Å². The van der Waals surface area contributed by atoms with Crippen LogP contribution in [0.15, 0.2) is 18.2 Å². The van der Waals surface area contributed by atoms with Crippen LogP contribution in [0.4, 0.5) is 21.7 Å². The molecule has 3 N–H and O–H groups in total. The minimum Gasteiger partial charge on any atom is -0.383 e. The van der Waals surface area contributed by atoms with Crippen molar-refractivity contribution in [2.24, 2.45) is 0 Å². The van der Waals surface area contributed by atoms with Crippen molar-refractivity contribution < 1.29 is 4.39 Å². The average Bonchev–Trinajstić information content (AvgIpc) is 3.23. The zero-order valence-corrected chi connectivity index (χ0v) is 11.6. The Labute approximate surface area is 117 Å². The Bertz CT molecular complexity index is 665. The van der Waals surface area contributed by atoms with Crippen molar-refractivity contribution in [3.05, 3.63) is 41.0 Å². The Morgan fingerprint density at radius 2 is 2.00 bits per heavy atom. The molecule has 2 aromatic rings. The molecule has 0 radical (unpaired) electrons. The van der Waals surface area contributed by atoms with Crippen molar-refractivity contribution in [2.75, 3.05) is 11.1 Å². The van der Waals surface area contributed by atoms with Crippen molar-refractivity contribution in [1.82, 2.24) is 9.97 Å². The van der Waals surface area contributed by atoms with Crippen molar-refractivity contribution in [3.63, 3.8) is 0 Å². The molecule has 0 amide bonds. The molecule has 4 nitrogen and oxygen atoms in total. The molecule has 1 aliphatic rings. The molecular weight excluding hydrogens is 255 g/mol. The van der Waals surface area contributed by atoms with Gasteiger partial charge in [0.25, 0.3) is 0 Å². The molecule has 0 saturated heterocycles. The number of benzene rings is 1. The molecular formula is C15H17FN4. The third-order valence-electron chi connectivity index (χ3n) is 3.58. The Morgan fingerprint density at radius 3 is 2.65 bits per heavy atom. The molecule has 0 aliphatic heterocycles. The summed E-state index contributed by atoms with van der Waals surface area (Å²) in [5.41, 5.74) is 8.00. The van der Waals surface area contributed by atoms with E-state index in [2.05, 4.69) is 15.3 Å². The average molecular weight is 272 g/mol. The second-order valence-electron chi connectivity index (χ2n) is 5.30. The molecule has 1 aromatic heterocycles. The molecule has 0 unspecified atom stereocenters. The van der Waals surface area contributed by atoms with Gasteiger partial charge in [0.05, 0.1) is 0 Å². The van der Waals surface area contributed by atoms with Gasteiger partial charge < -0.3 is 11.1 Å². The topological polar surface area (TPSA) is 63.8 Å². The van der Waals surface area contributed by atoms with E-state index < -0.39 is 0 Å². The van der Waals surface area contributed by atoms with Gasteiger partial charge in [-0.2, -0.15) is 0 Å². The second kappa shape index (κ2) is 4.74. The first-order chi connectivity index (χ1) is 9.54. The van der Waals surface area contributed by atoms with Crippen molar-refractivity contribution in [1.29, 1.82) is 0 Å². The molecule has 20 heavy (non-hydrogen) atoms. The maximum atomic E-state index is 13.6. The van der Waals surface area contributed by atoms with E-state index in [1.807, 2.05) is 13.0 Å². The second-order valence-corrected chi connectivity index (χ2v) is 5.30. The van der Waals surface area contributed by atoms with E-state index in [9.17, 15) is 4.39 Å². The van der Waals surface area contributed by atoms with E-state index in [1.165, 1.54) is 6.07 Å². The summed E-state index contributed by atoms with van der Waals surface area (Å²) in [5.74, 6) is 2.10. The number of nitrogens with one attached hydrogen (secondary N) is 1. The van der Waals surface area contributed by atoms with Gasteiger partial charge in [0, 0.05) is 17.2 Å². The first-order valence-corrected chi connectivity index (χ1v) is 6.72. The van der Waals surface area contributed by atoms with Crippen LogP contribution in [0.3, 0.4) is 0 Å². The van der Waals surface area contributed by atoms with Crippen LogP contribution >= 0.6 is 0 Å². The fraction of sp³-hybridized carbons (Fsp3) is 0.333. The summed E-state index contributed by atoms with van der Waals surface area (Å²) in [5, 5.41) is 3.13. The number of halogens is 1. The molecule has 1 saturated carbocycles. The fourth-order valence-electron chi connectivity index (χ4n) is 2.01.